The van der Waals surface area contributed by atoms with E-state index in [1.54, 1.807) is 11.0 Å². The molecule has 4 nitrogen and oxygen atoms in total. The van der Waals surface area contributed by atoms with Gasteiger partial charge in [0.2, 0.25) is 0 Å². The van der Waals surface area contributed by atoms with Crippen LogP contribution >= 0.6 is 11.8 Å². The molecule has 3 aromatic carbocycles. The number of hydrogen-bond donors (Lipinski definition) is 0. The molecule has 0 aliphatic rings. The van der Waals surface area contributed by atoms with Crippen LogP contribution in [0, 0.1) is 0 Å². The lowest BCUT2D eigenvalue weighted by atomic mass is 9.97. The number of aromatic nitrogens is 4. The summed E-state index contributed by atoms with van der Waals surface area (Å²) in [5, 5.41) is 11.4. The highest BCUT2D eigenvalue weighted by Crippen LogP contribution is 2.26. The molecule has 0 radical (unpaired) electrons. The number of hydrogen-bond acceptors (Lipinski definition) is 4. The quantitative estimate of drug-likeness (QED) is 0.368. The van der Waals surface area contributed by atoms with E-state index in [1.165, 1.54) is 27.8 Å². The fourth-order valence-corrected chi connectivity index (χ4v) is 4.30. The Balaban J connectivity index is 1.34. The zero-order valence-corrected chi connectivity index (χ0v) is 17.1. The predicted molar refractivity (Wildman–Crippen MR) is 120 cm³/mol. The summed E-state index contributed by atoms with van der Waals surface area (Å²) >= 11 is 1.99. The highest BCUT2D eigenvalue weighted by atomic mass is 32.2. The van der Waals surface area contributed by atoms with E-state index in [9.17, 15) is 0 Å². The van der Waals surface area contributed by atoms with Crippen LogP contribution in [0.1, 0.15) is 16.7 Å². The van der Waals surface area contributed by atoms with Crippen molar-refractivity contribution in [3.63, 3.8) is 0 Å². The monoisotopic (exact) mass is 400 g/mol. The third kappa shape index (κ3) is 5.55. The topological polar surface area (TPSA) is 43.6 Å². The summed E-state index contributed by atoms with van der Waals surface area (Å²) in [6.07, 6.45) is 3.68. The molecule has 0 saturated carbocycles. The summed E-state index contributed by atoms with van der Waals surface area (Å²) in [4.78, 5) is 0. The van der Waals surface area contributed by atoms with Crippen molar-refractivity contribution in [3.8, 4) is 11.1 Å². The lowest BCUT2D eigenvalue weighted by Gasteiger charge is -2.10. The van der Waals surface area contributed by atoms with Gasteiger partial charge in [-0.15, -0.1) is 5.10 Å². The first-order valence-electron chi connectivity index (χ1n) is 9.88. The third-order valence-corrected chi connectivity index (χ3v) is 5.96. The van der Waals surface area contributed by atoms with Crippen molar-refractivity contribution >= 4 is 11.8 Å². The van der Waals surface area contributed by atoms with Crippen molar-refractivity contribution in [2.24, 2.45) is 0 Å². The Bertz CT molecular complexity index is 999. The maximum atomic E-state index is 3.95. The molecule has 0 fully saturated rings. The summed E-state index contributed by atoms with van der Waals surface area (Å²) in [5.41, 5.74) is 6.64. The molecule has 4 aromatic rings. The van der Waals surface area contributed by atoms with Crippen LogP contribution in [0.25, 0.3) is 11.1 Å². The first kappa shape index (κ1) is 19.4. The molecule has 0 aliphatic carbocycles. The van der Waals surface area contributed by atoms with Crippen molar-refractivity contribution in [2.45, 2.75) is 25.1 Å². The van der Waals surface area contributed by atoms with Gasteiger partial charge in [0.05, 0.1) is 0 Å². The van der Waals surface area contributed by atoms with Crippen LogP contribution in [0.3, 0.4) is 0 Å². The zero-order valence-electron chi connectivity index (χ0n) is 16.3. The highest BCUT2D eigenvalue weighted by Gasteiger charge is 2.06. The van der Waals surface area contributed by atoms with Gasteiger partial charge >= 0.3 is 0 Å². The van der Waals surface area contributed by atoms with E-state index >= 15 is 0 Å². The molecular formula is C24H24N4S. The number of aryl methyl sites for hydroxylation is 3. The maximum Gasteiger partial charge on any atom is 0.138 e. The maximum absolute atomic E-state index is 3.95. The normalized spacial score (nSPS) is 10.9. The third-order valence-electron chi connectivity index (χ3n) is 4.93. The fourth-order valence-electron chi connectivity index (χ4n) is 3.34. The molecule has 0 aliphatic heterocycles. The Morgan fingerprint density at radius 1 is 0.759 bits per heavy atom. The van der Waals surface area contributed by atoms with Gasteiger partial charge in [0.15, 0.2) is 0 Å². The Morgan fingerprint density at radius 3 is 2.34 bits per heavy atom. The summed E-state index contributed by atoms with van der Waals surface area (Å²) in [6.45, 7) is 0.778. The largest absolute Gasteiger partial charge is 0.232 e. The number of tetrazole rings is 1. The molecule has 0 amide bonds. The summed E-state index contributed by atoms with van der Waals surface area (Å²) in [7, 11) is 0. The molecule has 0 unspecified atom stereocenters. The fraction of sp³-hybridized carbons (Fsp3) is 0.208. The van der Waals surface area contributed by atoms with Gasteiger partial charge in [-0.05, 0) is 56.8 Å². The van der Waals surface area contributed by atoms with E-state index in [0.29, 0.717) is 0 Å². The van der Waals surface area contributed by atoms with Crippen LogP contribution in [0.4, 0.5) is 0 Å². The summed E-state index contributed by atoms with van der Waals surface area (Å²) < 4.78 is 1.77. The molecule has 1 heterocycles. The van der Waals surface area contributed by atoms with Crippen molar-refractivity contribution < 1.29 is 0 Å². The van der Waals surface area contributed by atoms with Gasteiger partial charge in [0.1, 0.15) is 6.33 Å². The minimum absolute atomic E-state index is 0.778. The Labute approximate surface area is 176 Å². The second-order valence-electron chi connectivity index (χ2n) is 6.97. The van der Waals surface area contributed by atoms with Gasteiger partial charge in [0, 0.05) is 12.3 Å². The van der Waals surface area contributed by atoms with Gasteiger partial charge in [-0.25, -0.2) is 4.68 Å². The molecule has 0 bridgehead atoms. The van der Waals surface area contributed by atoms with Crippen LogP contribution in [-0.4, -0.2) is 26.0 Å². The van der Waals surface area contributed by atoms with Crippen LogP contribution in [0.5, 0.6) is 0 Å². The van der Waals surface area contributed by atoms with Crippen molar-refractivity contribution in [1.82, 2.24) is 20.2 Å². The summed E-state index contributed by atoms with van der Waals surface area (Å²) in [5.74, 6) is 2.19. The number of benzene rings is 3. The van der Waals surface area contributed by atoms with E-state index in [2.05, 4.69) is 94.4 Å². The SMILES string of the molecule is c1ccc(CCSCc2ccc(-c3ccccc3CCn3cnnn3)cc2)cc1. The molecule has 4 rings (SSSR count). The lowest BCUT2D eigenvalue weighted by molar-refractivity contribution is 0.589. The van der Waals surface area contributed by atoms with Gasteiger partial charge in [-0.2, -0.15) is 11.8 Å². The average Bonchev–Trinajstić information content (AvgIpc) is 3.30. The molecule has 29 heavy (non-hydrogen) atoms. The Kier molecular flexibility index (Phi) is 6.71. The smallest absolute Gasteiger partial charge is 0.138 e. The minimum Gasteiger partial charge on any atom is -0.232 e. The molecule has 1 aromatic heterocycles. The molecule has 0 atom stereocenters. The van der Waals surface area contributed by atoms with Crippen LogP contribution in [-0.2, 0) is 25.1 Å². The molecule has 0 N–H and O–H groups in total. The van der Waals surface area contributed by atoms with Gasteiger partial charge in [-0.1, -0.05) is 78.9 Å². The molecule has 0 saturated heterocycles. The first-order valence-corrected chi connectivity index (χ1v) is 11.0. The van der Waals surface area contributed by atoms with Crippen molar-refractivity contribution in [2.75, 3.05) is 5.75 Å². The second-order valence-corrected chi connectivity index (χ2v) is 8.07. The zero-order chi connectivity index (χ0) is 19.7. The number of thioether (sulfide) groups is 1. The number of rotatable bonds is 9. The van der Waals surface area contributed by atoms with Crippen molar-refractivity contribution in [3.05, 3.63) is 102 Å². The van der Waals surface area contributed by atoms with Gasteiger partial charge in [-0.3, -0.25) is 0 Å². The van der Waals surface area contributed by atoms with Crippen LogP contribution in [0.15, 0.2) is 85.2 Å². The molecule has 0 spiro atoms. The van der Waals surface area contributed by atoms with Gasteiger partial charge < -0.3 is 0 Å². The average molecular weight is 401 g/mol. The Hall–Kier alpha value is -2.92. The van der Waals surface area contributed by atoms with Crippen molar-refractivity contribution in [1.29, 1.82) is 0 Å². The van der Waals surface area contributed by atoms with E-state index in [-0.39, 0.29) is 0 Å². The van der Waals surface area contributed by atoms with E-state index < -0.39 is 0 Å². The van der Waals surface area contributed by atoms with Crippen LogP contribution < -0.4 is 0 Å². The minimum atomic E-state index is 0.778. The second kappa shape index (κ2) is 10.0. The molecule has 5 heteroatoms. The molecule has 146 valence electrons. The first-order chi connectivity index (χ1) is 14.4. The molecular weight excluding hydrogens is 376 g/mol. The van der Waals surface area contributed by atoms with E-state index in [1.807, 2.05) is 11.8 Å². The highest BCUT2D eigenvalue weighted by molar-refractivity contribution is 7.98. The van der Waals surface area contributed by atoms with Crippen LogP contribution in [0.2, 0.25) is 0 Å². The van der Waals surface area contributed by atoms with E-state index in [0.717, 1.165) is 30.9 Å². The summed E-state index contributed by atoms with van der Waals surface area (Å²) in [6, 6.07) is 28.3. The predicted octanol–water partition coefficient (Wildman–Crippen LogP) is 5.06. The number of nitrogens with zero attached hydrogens (tertiary/aromatic N) is 4. The Morgan fingerprint density at radius 2 is 1.55 bits per heavy atom. The van der Waals surface area contributed by atoms with Gasteiger partial charge in [0.25, 0.3) is 0 Å². The lowest BCUT2D eigenvalue weighted by Crippen LogP contribution is -2.03. The standard InChI is InChI=1S/C24H24N4S/c1-2-6-20(7-3-1)15-17-29-18-21-10-12-23(13-11-21)24-9-5-4-8-22(24)14-16-28-19-25-26-27-28/h1-13,19H,14-18H2. The van der Waals surface area contributed by atoms with E-state index in [4.69, 9.17) is 0 Å².